The first-order chi connectivity index (χ1) is 28.0. The second-order valence-corrected chi connectivity index (χ2v) is 14.9. The molecule has 2 aromatic rings. The summed E-state index contributed by atoms with van der Waals surface area (Å²) in [7, 11) is 0. The molecule has 0 saturated heterocycles. The van der Waals surface area contributed by atoms with E-state index >= 15 is 0 Å². The number of halogens is 2. The molecule has 326 valence electrons. The fourth-order valence-corrected chi connectivity index (χ4v) is 6.09. The summed E-state index contributed by atoms with van der Waals surface area (Å²) in [5, 5.41) is 26.6. The lowest BCUT2D eigenvalue weighted by Crippen LogP contribution is -2.60. The van der Waals surface area contributed by atoms with E-state index in [-0.39, 0.29) is 81.3 Å². The van der Waals surface area contributed by atoms with Crippen LogP contribution in [0.15, 0.2) is 48.5 Å². The number of nitrogens with two attached hydrogens (primary N) is 5. The topological polar surface area (TPSA) is 342 Å². The Morgan fingerprint density at radius 3 is 1.90 bits per heavy atom. The molecule has 7 atom stereocenters. The smallest absolute Gasteiger partial charge is 0.245 e. The van der Waals surface area contributed by atoms with Crippen molar-refractivity contribution in [2.45, 2.75) is 87.3 Å². The number of primary amides is 1. The minimum atomic E-state index is -1.48. The van der Waals surface area contributed by atoms with E-state index in [0.29, 0.717) is 11.8 Å². The molecule has 21 heteroatoms. The number of aldehydes is 1. The quantitative estimate of drug-likeness (QED) is 0.0399. The minimum Gasteiger partial charge on any atom is -0.391 e. The highest BCUT2D eigenvalue weighted by molar-refractivity contribution is 6.42. The average Bonchev–Trinajstić information content (AvgIpc) is 3.19. The molecule has 0 spiro atoms. The van der Waals surface area contributed by atoms with Gasteiger partial charge in [0.05, 0.1) is 34.2 Å². The Morgan fingerprint density at radius 1 is 0.746 bits per heavy atom. The normalized spacial score (nSPS) is 15.2. The van der Waals surface area contributed by atoms with E-state index in [1.54, 1.807) is 36.4 Å². The molecule has 2 aromatic carbocycles. The zero-order valence-electron chi connectivity index (χ0n) is 32.9. The van der Waals surface area contributed by atoms with Gasteiger partial charge in [0.15, 0.2) is 0 Å². The second kappa shape index (κ2) is 25.7. The van der Waals surface area contributed by atoms with E-state index in [1.165, 1.54) is 19.1 Å². The summed E-state index contributed by atoms with van der Waals surface area (Å²) in [4.78, 5) is 90.9. The maximum Gasteiger partial charge on any atom is 0.245 e. The van der Waals surface area contributed by atoms with E-state index in [4.69, 9.17) is 51.9 Å². The van der Waals surface area contributed by atoms with Crippen molar-refractivity contribution in [3.8, 4) is 0 Å². The summed E-state index contributed by atoms with van der Waals surface area (Å²) in [5.74, 6) is -4.55. The van der Waals surface area contributed by atoms with Crippen molar-refractivity contribution in [1.82, 2.24) is 31.9 Å². The maximum atomic E-state index is 13.8. The molecule has 0 aliphatic rings. The number of nitrogens with one attached hydrogen (secondary N) is 6. The molecule has 0 aromatic heterocycles. The van der Waals surface area contributed by atoms with Crippen LogP contribution in [0.3, 0.4) is 0 Å². The highest BCUT2D eigenvalue weighted by Gasteiger charge is 2.32. The summed E-state index contributed by atoms with van der Waals surface area (Å²) >= 11 is 12.1. The molecule has 0 bridgehead atoms. The van der Waals surface area contributed by atoms with Gasteiger partial charge in [-0.1, -0.05) is 59.6 Å². The van der Waals surface area contributed by atoms with Crippen molar-refractivity contribution >= 4 is 64.9 Å². The largest absolute Gasteiger partial charge is 0.391 e. The van der Waals surface area contributed by atoms with E-state index < -0.39 is 77.3 Å². The summed E-state index contributed by atoms with van der Waals surface area (Å²) in [5.41, 5.74) is 28.5. The Balaban J connectivity index is 2.24. The van der Waals surface area contributed by atoms with E-state index in [2.05, 4.69) is 31.9 Å². The summed E-state index contributed by atoms with van der Waals surface area (Å²) < 4.78 is 0. The molecule has 0 saturated carbocycles. The van der Waals surface area contributed by atoms with Gasteiger partial charge in [-0.25, -0.2) is 0 Å². The van der Waals surface area contributed by atoms with Crippen molar-refractivity contribution < 1.29 is 38.7 Å². The molecular formula is C38H57Cl2N11O8. The van der Waals surface area contributed by atoms with E-state index in [0.717, 1.165) is 5.56 Å². The Bertz CT molecular complexity index is 1730. The van der Waals surface area contributed by atoms with Crippen molar-refractivity contribution in [3.63, 3.8) is 0 Å². The molecule has 0 aliphatic heterocycles. The van der Waals surface area contributed by atoms with Crippen LogP contribution in [-0.2, 0) is 46.4 Å². The molecule has 6 amide bonds. The van der Waals surface area contributed by atoms with Crippen LogP contribution in [0.2, 0.25) is 10.0 Å². The van der Waals surface area contributed by atoms with E-state index in [9.17, 15) is 38.7 Å². The van der Waals surface area contributed by atoms with Gasteiger partial charge in [-0.05, 0) is 75.5 Å². The van der Waals surface area contributed by atoms with Gasteiger partial charge < -0.3 is 70.5 Å². The first-order valence-corrected chi connectivity index (χ1v) is 19.7. The van der Waals surface area contributed by atoms with E-state index in [1.807, 2.05) is 0 Å². The summed E-state index contributed by atoms with van der Waals surface area (Å²) in [6, 6.07) is 7.17. The minimum absolute atomic E-state index is 0.0469. The van der Waals surface area contributed by atoms with Crippen LogP contribution in [0.1, 0.15) is 43.7 Å². The second-order valence-electron chi connectivity index (χ2n) is 14.0. The zero-order valence-corrected chi connectivity index (χ0v) is 34.4. The number of amides is 6. The lowest BCUT2D eigenvalue weighted by molar-refractivity contribution is -0.133. The van der Waals surface area contributed by atoms with Crippen molar-refractivity contribution in [2.75, 3.05) is 32.7 Å². The third-order valence-electron chi connectivity index (χ3n) is 9.12. The fourth-order valence-electron chi connectivity index (χ4n) is 5.77. The van der Waals surface area contributed by atoms with Gasteiger partial charge in [-0.15, -0.1) is 0 Å². The Hall–Kier alpha value is -4.73. The van der Waals surface area contributed by atoms with Gasteiger partial charge in [0.25, 0.3) is 0 Å². The van der Waals surface area contributed by atoms with Gasteiger partial charge in [-0.3, -0.25) is 28.8 Å². The predicted molar refractivity (Wildman–Crippen MR) is 222 cm³/mol. The maximum absolute atomic E-state index is 13.8. The van der Waals surface area contributed by atoms with Crippen LogP contribution in [0.4, 0.5) is 0 Å². The SMILES string of the molecule is C[C@@H](O)[C@H](NC(=O)[C@H](CCN)NC[C@](N)(C=O)CCN)C(=O)NCC[C@H](NC(=O)Cc1ccc(Cl)c(Cl)c1)C(=O)N[C@@H](CCN)C(=O)N[C@H](Cc1ccccc1)C(N)=O. The van der Waals surface area contributed by atoms with Crippen LogP contribution in [0, 0.1) is 0 Å². The summed E-state index contributed by atoms with van der Waals surface area (Å²) in [6.07, 6.45) is -1.07. The van der Waals surface area contributed by atoms with Gasteiger partial charge in [0, 0.05) is 19.5 Å². The molecule has 0 fully saturated rings. The first-order valence-electron chi connectivity index (χ1n) is 19.0. The number of aliphatic hydroxyl groups excluding tert-OH is 1. The molecule has 0 unspecified atom stereocenters. The fraction of sp³-hybridized carbons (Fsp3) is 0.500. The van der Waals surface area contributed by atoms with Crippen LogP contribution in [0.25, 0.3) is 0 Å². The van der Waals surface area contributed by atoms with Crippen molar-refractivity contribution in [1.29, 1.82) is 0 Å². The number of aliphatic hydroxyl groups is 1. The van der Waals surface area contributed by atoms with Gasteiger partial charge in [0.1, 0.15) is 30.5 Å². The number of hydrogen-bond donors (Lipinski definition) is 12. The molecule has 19 nitrogen and oxygen atoms in total. The molecule has 0 radical (unpaired) electrons. The van der Waals surface area contributed by atoms with Gasteiger partial charge in [0.2, 0.25) is 35.4 Å². The third kappa shape index (κ3) is 17.6. The molecule has 17 N–H and O–H groups in total. The number of rotatable bonds is 27. The molecular weight excluding hydrogens is 809 g/mol. The lowest BCUT2D eigenvalue weighted by atomic mass is 9.97. The Labute approximate surface area is 353 Å². The monoisotopic (exact) mass is 865 g/mol. The molecule has 2 rings (SSSR count). The highest BCUT2D eigenvalue weighted by atomic mass is 35.5. The zero-order chi connectivity index (χ0) is 44.1. The number of carbonyl (C=O) groups excluding carboxylic acids is 7. The first kappa shape index (κ1) is 50.4. The lowest BCUT2D eigenvalue weighted by Gasteiger charge is -2.28. The van der Waals surface area contributed by atoms with Gasteiger partial charge >= 0.3 is 0 Å². The Morgan fingerprint density at radius 2 is 1.34 bits per heavy atom. The number of carbonyl (C=O) groups is 7. The van der Waals surface area contributed by atoms with Crippen LogP contribution < -0.4 is 60.6 Å². The average molecular weight is 867 g/mol. The molecule has 0 heterocycles. The summed E-state index contributed by atoms with van der Waals surface area (Å²) in [6.45, 7) is 1.02. The molecule has 0 aliphatic carbocycles. The Kier molecular flexibility index (Phi) is 22.0. The van der Waals surface area contributed by atoms with Crippen LogP contribution in [0.5, 0.6) is 0 Å². The van der Waals surface area contributed by atoms with Crippen molar-refractivity contribution in [2.24, 2.45) is 28.7 Å². The standard InChI is InChI=1S/C38H57Cl2N11O8/c1-22(53)32(51-34(56)27(9-13-41)47-20-38(45,21-52)12-15-43)37(59)46-16-11-29(48-31(54)19-24-7-8-25(39)26(40)17-24)36(58)49-28(10-14-42)35(57)50-30(33(44)55)18-23-5-3-2-4-6-23/h2-8,17,21-22,27-30,32,47,53H,9-16,18-20,41-43,45H2,1H3,(H2,44,55)(H,46,59)(H,48,54)(H,49,58)(H,50,57)(H,51,56)/t22-,27+,28+,29+,30-,32+,38+/m1/s1. The van der Waals surface area contributed by atoms with Gasteiger partial charge in [-0.2, -0.15) is 0 Å². The highest BCUT2D eigenvalue weighted by Crippen LogP contribution is 2.22. The number of benzene rings is 2. The van der Waals surface area contributed by atoms with Crippen molar-refractivity contribution in [3.05, 3.63) is 69.7 Å². The van der Waals surface area contributed by atoms with Crippen LogP contribution in [-0.4, -0.2) is 121 Å². The molecule has 59 heavy (non-hydrogen) atoms. The van der Waals surface area contributed by atoms with Crippen LogP contribution >= 0.6 is 23.2 Å². The third-order valence-corrected chi connectivity index (χ3v) is 9.86. The predicted octanol–water partition coefficient (Wildman–Crippen LogP) is -3.01. The number of hydrogen-bond acceptors (Lipinski definition) is 13.